The van der Waals surface area contributed by atoms with Gasteiger partial charge in [0.05, 0.1) is 18.2 Å². The maximum absolute atomic E-state index is 13.9. The number of pyridine rings is 1. The molecule has 0 fully saturated rings. The van der Waals surface area contributed by atoms with Crippen LogP contribution in [0.1, 0.15) is 44.2 Å². The first kappa shape index (κ1) is 23.3. The van der Waals surface area contributed by atoms with Gasteiger partial charge in [0.1, 0.15) is 11.6 Å². The van der Waals surface area contributed by atoms with Gasteiger partial charge in [-0.05, 0) is 55.0 Å². The Bertz CT molecular complexity index is 1210. The molecule has 2 aromatic carbocycles. The van der Waals surface area contributed by atoms with Crippen molar-refractivity contribution in [2.24, 2.45) is 0 Å². The van der Waals surface area contributed by atoms with Gasteiger partial charge in [0.25, 0.3) is 0 Å². The molecule has 1 aromatic heterocycles. The maximum Gasteiger partial charge on any atom is 0.416 e. The van der Waals surface area contributed by atoms with E-state index >= 15 is 0 Å². The zero-order valence-electron chi connectivity index (χ0n) is 18.1. The van der Waals surface area contributed by atoms with Gasteiger partial charge < -0.3 is 14.4 Å². The lowest BCUT2D eigenvalue weighted by molar-refractivity contribution is -0.217. The first-order valence-electron chi connectivity index (χ1n) is 10.9. The molecule has 0 saturated carbocycles. The molecule has 0 radical (unpaired) electrons. The first-order chi connectivity index (χ1) is 15.6. The molecule has 1 aliphatic heterocycles. The van der Waals surface area contributed by atoms with E-state index in [4.69, 9.17) is 4.74 Å². The molecule has 1 N–H and O–H groups in total. The van der Waals surface area contributed by atoms with Crippen LogP contribution in [0.25, 0.3) is 10.9 Å². The number of alkyl halides is 3. The molecule has 0 bridgehead atoms. The van der Waals surface area contributed by atoms with Crippen molar-refractivity contribution in [1.82, 2.24) is 4.57 Å². The van der Waals surface area contributed by atoms with Gasteiger partial charge in [0.15, 0.2) is 11.5 Å². The number of aliphatic hydroxyl groups is 1. The largest absolute Gasteiger partial charge is 0.493 e. The molecule has 176 valence electrons. The van der Waals surface area contributed by atoms with E-state index in [-0.39, 0.29) is 11.8 Å². The van der Waals surface area contributed by atoms with Crippen molar-refractivity contribution in [3.8, 4) is 5.75 Å². The Morgan fingerprint density at radius 3 is 2.70 bits per heavy atom. The van der Waals surface area contributed by atoms with Crippen LogP contribution in [0.15, 0.2) is 59.5 Å². The highest BCUT2D eigenvalue weighted by Crippen LogP contribution is 2.43. The first-order valence-corrected chi connectivity index (χ1v) is 10.9. The standard InChI is InChI=1S/C25H25F4NO3/c1-24(12-14-33-22-9-8-16(26)15-18(22)24)11-4-7-20(23(32)25(27,28)29)30-13-10-21(31)17-5-2-3-6-19(17)30/h2-3,5-6,8-10,13,15,20,23,32H,4,7,11-12,14H2,1H3. The van der Waals surface area contributed by atoms with Crippen molar-refractivity contribution < 1.29 is 27.4 Å². The third-order valence-corrected chi connectivity index (χ3v) is 6.62. The summed E-state index contributed by atoms with van der Waals surface area (Å²) in [4.78, 5) is 12.2. The average molecular weight is 463 g/mol. The van der Waals surface area contributed by atoms with E-state index in [1.165, 1.54) is 29.0 Å². The van der Waals surface area contributed by atoms with Crippen LogP contribution >= 0.6 is 0 Å². The van der Waals surface area contributed by atoms with E-state index in [0.717, 1.165) is 0 Å². The van der Waals surface area contributed by atoms with Gasteiger partial charge >= 0.3 is 6.18 Å². The van der Waals surface area contributed by atoms with Crippen molar-refractivity contribution in [1.29, 1.82) is 0 Å². The summed E-state index contributed by atoms with van der Waals surface area (Å²) in [7, 11) is 0. The SMILES string of the molecule is CC1(CCCC(C(O)C(F)(F)F)n2ccc(=O)c3ccccc32)CCOc2ccc(F)cc21. The molecule has 0 spiro atoms. The number of hydrogen-bond donors (Lipinski definition) is 1. The van der Waals surface area contributed by atoms with Crippen molar-refractivity contribution in [2.75, 3.05) is 6.61 Å². The van der Waals surface area contributed by atoms with Gasteiger partial charge in [-0.3, -0.25) is 4.79 Å². The Kier molecular flexibility index (Phi) is 6.22. The monoisotopic (exact) mass is 463 g/mol. The predicted octanol–water partition coefficient (Wildman–Crippen LogP) is 5.52. The topological polar surface area (TPSA) is 51.5 Å². The second-order valence-electron chi connectivity index (χ2n) is 8.85. The van der Waals surface area contributed by atoms with E-state index < -0.39 is 29.6 Å². The van der Waals surface area contributed by atoms with Gasteiger partial charge in [-0.1, -0.05) is 25.5 Å². The van der Waals surface area contributed by atoms with E-state index in [0.29, 0.717) is 48.1 Å². The Hall–Kier alpha value is -2.87. The zero-order valence-corrected chi connectivity index (χ0v) is 18.1. The molecule has 4 rings (SSSR count). The minimum Gasteiger partial charge on any atom is -0.493 e. The molecule has 0 amide bonds. The summed E-state index contributed by atoms with van der Waals surface area (Å²) in [6.45, 7) is 2.39. The molecule has 8 heteroatoms. The Morgan fingerprint density at radius 1 is 1.18 bits per heavy atom. The highest BCUT2D eigenvalue weighted by atomic mass is 19.4. The lowest BCUT2D eigenvalue weighted by Gasteiger charge is -2.37. The number of para-hydroxylation sites is 1. The van der Waals surface area contributed by atoms with E-state index in [2.05, 4.69) is 0 Å². The van der Waals surface area contributed by atoms with Gasteiger partial charge in [-0.15, -0.1) is 0 Å². The summed E-state index contributed by atoms with van der Waals surface area (Å²) in [6, 6.07) is 10.6. The van der Waals surface area contributed by atoms with Crippen molar-refractivity contribution in [3.05, 3.63) is 76.3 Å². The number of benzene rings is 2. The maximum atomic E-state index is 13.9. The molecule has 4 nitrogen and oxygen atoms in total. The number of fused-ring (bicyclic) bond motifs is 2. The summed E-state index contributed by atoms with van der Waals surface area (Å²) in [5.74, 6) is 0.194. The van der Waals surface area contributed by atoms with Crippen molar-refractivity contribution in [3.63, 3.8) is 0 Å². The smallest absolute Gasteiger partial charge is 0.416 e. The van der Waals surface area contributed by atoms with Gasteiger partial charge in [-0.25, -0.2) is 4.39 Å². The second-order valence-corrected chi connectivity index (χ2v) is 8.85. The summed E-state index contributed by atoms with van der Waals surface area (Å²) in [5, 5.41) is 10.5. The highest BCUT2D eigenvalue weighted by Gasteiger charge is 2.44. The van der Waals surface area contributed by atoms with Crippen molar-refractivity contribution >= 4 is 10.9 Å². The fourth-order valence-corrected chi connectivity index (χ4v) is 4.76. The molecule has 33 heavy (non-hydrogen) atoms. The molecule has 3 unspecified atom stereocenters. The number of halogens is 4. The van der Waals surface area contributed by atoms with Crippen LogP contribution in [0, 0.1) is 5.82 Å². The highest BCUT2D eigenvalue weighted by molar-refractivity contribution is 5.78. The van der Waals surface area contributed by atoms with Crippen LogP contribution in [0.4, 0.5) is 17.6 Å². The molecular weight excluding hydrogens is 438 g/mol. The Labute approximate surface area is 188 Å². The number of rotatable bonds is 6. The Balaban J connectivity index is 1.63. The molecule has 3 atom stereocenters. The van der Waals surface area contributed by atoms with E-state index in [1.807, 2.05) is 6.92 Å². The lowest BCUT2D eigenvalue weighted by Crippen LogP contribution is -2.38. The van der Waals surface area contributed by atoms with Crippen LogP contribution < -0.4 is 10.2 Å². The van der Waals surface area contributed by atoms with Gasteiger partial charge in [0.2, 0.25) is 0 Å². The summed E-state index contributed by atoms with van der Waals surface area (Å²) >= 11 is 0. The van der Waals surface area contributed by atoms with Crippen LogP contribution in [-0.4, -0.2) is 28.6 Å². The molecule has 2 heterocycles. The second kappa shape index (κ2) is 8.82. The fraction of sp³-hybridized carbons (Fsp3) is 0.400. The van der Waals surface area contributed by atoms with Gasteiger partial charge in [-0.2, -0.15) is 13.2 Å². The van der Waals surface area contributed by atoms with E-state index in [9.17, 15) is 27.5 Å². The number of nitrogens with zero attached hydrogens (tertiary/aromatic N) is 1. The summed E-state index contributed by atoms with van der Waals surface area (Å²) in [5.41, 5.74) is 0.281. The minimum atomic E-state index is -4.83. The minimum absolute atomic E-state index is 0.0225. The fourth-order valence-electron chi connectivity index (χ4n) is 4.76. The molecule has 1 aliphatic rings. The number of aromatic nitrogens is 1. The van der Waals surface area contributed by atoms with Crippen LogP contribution in [-0.2, 0) is 5.41 Å². The third kappa shape index (κ3) is 4.62. The van der Waals surface area contributed by atoms with E-state index in [1.54, 1.807) is 30.3 Å². The molecule has 0 saturated heterocycles. The summed E-state index contributed by atoms with van der Waals surface area (Å²) in [6.07, 6.45) is -4.64. The third-order valence-electron chi connectivity index (χ3n) is 6.62. The molecule has 3 aromatic rings. The number of aliphatic hydroxyl groups excluding tert-OH is 1. The number of ether oxygens (including phenoxy) is 1. The van der Waals surface area contributed by atoms with Crippen LogP contribution in [0.5, 0.6) is 5.75 Å². The summed E-state index contributed by atoms with van der Waals surface area (Å²) < 4.78 is 61.6. The molecular formula is C25H25F4NO3. The number of hydrogen-bond acceptors (Lipinski definition) is 3. The Morgan fingerprint density at radius 2 is 1.94 bits per heavy atom. The average Bonchev–Trinajstić information content (AvgIpc) is 2.77. The van der Waals surface area contributed by atoms with Crippen molar-refractivity contribution in [2.45, 2.75) is 56.3 Å². The van der Waals surface area contributed by atoms with Crippen LogP contribution in [0.3, 0.4) is 0 Å². The normalized spacial score (nSPS) is 20.2. The predicted molar refractivity (Wildman–Crippen MR) is 117 cm³/mol. The quantitative estimate of drug-likeness (QED) is 0.490. The van der Waals surface area contributed by atoms with Gasteiger partial charge in [0, 0.05) is 23.2 Å². The lowest BCUT2D eigenvalue weighted by atomic mass is 9.74. The molecule has 0 aliphatic carbocycles. The zero-order chi connectivity index (χ0) is 23.8. The van der Waals surface area contributed by atoms with Crippen LogP contribution in [0.2, 0.25) is 0 Å².